The summed E-state index contributed by atoms with van der Waals surface area (Å²) in [6.45, 7) is 11.0. The predicted octanol–water partition coefficient (Wildman–Crippen LogP) is 3.17. The van der Waals surface area contributed by atoms with Crippen LogP contribution in [0.15, 0.2) is 0 Å². The Hall–Kier alpha value is -0.0800. The summed E-state index contributed by atoms with van der Waals surface area (Å²) in [7, 11) is 0. The fraction of sp³-hybridized carbons (Fsp3) is 1.00. The Morgan fingerprint density at radius 1 is 0.938 bits per heavy atom. The molecule has 0 aromatic carbocycles. The van der Waals surface area contributed by atoms with Crippen LogP contribution in [0.3, 0.4) is 0 Å². The Balaban J connectivity index is 3.10. The van der Waals surface area contributed by atoms with Crippen molar-refractivity contribution in [3.05, 3.63) is 0 Å². The molecule has 0 radical (unpaired) electrons. The van der Waals surface area contributed by atoms with Gasteiger partial charge >= 0.3 is 0 Å². The van der Waals surface area contributed by atoms with Gasteiger partial charge in [-0.2, -0.15) is 0 Å². The zero-order valence-corrected chi connectivity index (χ0v) is 11.8. The number of rotatable bonds is 10. The number of nitrogens with two attached hydrogens (primary N) is 1. The maximum absolute atomic E-state index is 5.95. The summed E-state index contributed by atoms with van der Waals surface area (Å²) in [6, 6.07) is 0.306. The SMILES string of the molecule is CC(C)CCCCCCNCC(N)C(C)C. The molecule has 0 fully saturated rings. The summed E-state index contributed by atoms with van der Waals surface area (Å²) in [6.07, 6.45) is 6.81. The van der Waals surface area contributed by atoms with Gasteiger partial charge in [-0.1, -0.05) is 53.4 Å². The molecule has 0 bridgehead atoms. The van der Waals surface area contributed by atoms with Gasteiger partial charge in [-0.25, -0.2) is 0 Å². The van der Waals surface area contributed by atoms with E-state index in [9.17, 15) is 0 Å². The van der Waals surface area contributed by atoms with Crippen molar-refractivity contribution >= 4 is 0 Å². The highest BCUT2D eigenvalue weighted by Gasteiger charge is 2.05. The van der Waals surface area contributed by atoms with E-state index in [4.69, 9.17) is 5.73 Å². The van der Waals surface area contributed by atoms with Crippen molar-refractivity contribution in [1.82, 2.24) is 5.32 Å². The Labute approximate surface area is 102 Å². The van der Waals surface area contributed by atoms with Gasteiger partial charge in [0.15, 0.2) is 0 Å². The van der Waals surface area contributed by atoms with Crippen molar-refractivity contribution in [1.29, 1.82) is 0 Å². The standard InChI is InChI=1S/C14H32N2/c1-12(2)9-7-5-6-8-10-16-11-14(15)13(3)4/h12-14,16H,5-11,15H2,1-4H3. The Morgan fingerprint density at radius 3 is 2.12 bits per heavy atom. The van der Waals surface area contributed by atoms with E-state index in [1.165, 1.54) is 32.1 Å². The van der Waals surface area contributed by atoms with E-state index in [0.717, 1.165) is 19.0 Å². The van der Waals surface area contributed by atoms with E-state index in [-0.39, 0.29) is 0 Å². The third-order valence-electron chi connectivity index (χ3n) is 3.12. The van der Waals surface area contributed by atoms with Gasteiger partial charge in [0.1, 0.15) is 0 Å². The summed E-state index contributed by atoms with van der Waals surface area (Å²) in [4.78, 5) is 0. The van der Waals surface area contributed by atoms with Gasteiger partial charge in [-0.15, -0.1) is 0 Å². The van der Waals surface area contributed by atoms with Crippen LogP contribution < -0.4 is 11.1 Å². The molecule has 0 aliphatic rings. The van der Waals surface area contributed by atoms with Crippen molar-refractivity contribution in [2.75, 3.05) is 13.1 Å². The first-order valence-electron chi connectivity index (χ1n) is 7.00. The Morgan fingerprint density at radius 2 is 1.56 bits per heavy atom. The predicted molar refractivity (Wildman–Crippen MR) is 73.6 cm³/mol. The third-order valence-corrected chi connectivity index (χ3v) is 3.12. The highest BCUT2D eigenvalue weighted by atomic mass is 14.9. The highest BCUT2D eigenvalue weighted by molar-refractivity contribution is 4.67. The van der Waals surface area contributed by atoms with E-state index in [1.807, 2.05) is 0 Å². The van der Waals surface area contributed by atoms with Gasteiger partial charge in [0.2, 0.25) is 0 Å². The lowest BCUT2D eigenvalue weighted by Gasteiger charge is -2.16. The van der Waals surface area contributed by atoms with Crippen molar-refractivity contribution in [3.63, 3.8) is 0 Å². The summed E-state index contributed by atoms with van der Waals surface area (Å²) < 4.78 is 0. The molecule has 0 rings (SSSR count). The van der Waals surface area contributed by atoms with Gasteiger partial charge < -0.3 is 11.1 Å². The first kappa shape index (κ1) is 15.9. The van der Waals surface area contributed by atoms with Gasteiger partial charge in [0.25, 0.3) is 0 Å². The average molecular weight is 228 g/mol. The van der Waals surface area contributed by atoms with Gasteiger partial charge in [-0.3, -0.25) is 0 Å². The third kappa shape index (κ3) is 10.4. The molecule has 0 saturated heterocycles. The molecule has 2 heteroatoms. The highest BCUT2D eigenvalue weighted by Crippen LogP contribution is 2.08. The molecular weight excluding hydrogens is 196 g/mol. The lowest BCUT2D eigenvalue weighted by molar-refractivity contribution is 0.450. The number of unbranched alkanes of at least 4 members (excludes halogenated alkanes) is 3. The lowest BCUT2D eigenvalue weighted by Crippen LogP contribution is -2.38. The minimum absolute atomic E-state index is 0.306. The fourth-order valence-corrected chi connectivity index (χ4v) is 1.66. The molecule has 0 spiro atoms. The molecule has 0 amide bonds. The minimum atomic E-state index is 0.306. The molecule has 0 aliphatic heterocycles. The van der Waals surface area contributed by atoms with Crippen LogP contribution in [0.4, 0.5) is 0 Å². The van der Waals surface area contributed by atoms with Crippen LogP contribution in [0.25, 0.3) is 0 Å². The van der Waals surface area contributed by atoms with Crippen LogP contribution in [-0.2, 0) is 0 Å². The summed E-state index contributed by atoms with van der Waals surface area (Å²) >= 11 is 0. The largest absolute Gasteiger partial charge is 0.326 e. The van der Waals surface area contributed by atoms with Crippen LogP contribution in [0.2, 0.25) is 0 Å². The molecule has 0 saturated carbocycles. The van der Waals surface area contributed by atoms with Gasteiger partial charge in [-0.05, 0) is 24.8 Å². The summed E-state index contributed by atoms with van der Waals surface area (Å²) in [5, 5.41) is 3.44. The number of nitrogens with one attached hydrogen (secondary N) is 1. The fourth-order valence-electron chi connectivity index (χ4n) is 1.66. The molecule has 3 N–H and O–H groups in total. The van der Waals surface area contributed by atoms with E-state index >= 15 is 0 Å². The topological polar surface area (TPSA) is 38.0 Å². The summed E-state index contributed by atoms with van der Waals surface area (Å²) in [5.74, 6) is 1.45. The van der Waals surface area contributed by atoms with E-state index in [2.05, 4.69) is 33.0 Å². The van der Waals surface area contributed by atoms with Crippen LogP contribution in [0, 0.1) is 11.8 Å². The summed E-state index contributed by atoms with van der Waals surface area (Å²) in [5.41, 5.74) is 5.95. The molecule has 0 aliphatic carbocycles. The van der Waals surface area contributed by atoms with Crippen LogP contribution in [0.1, 0.15) is 59.8 Å². The maximum Gasteiger partial charge on any atom is 0.0188 e. The first-order chi connectivity index (χ1) is 7.54. The van der Waals surface area contributed by atoms with Crippen molar-refractivity contribution in [3.8, 4) is 0 Å². The zero-order valence-electron chi connectivity index (χ0n) is 11.8. The molecule has 1 unspecified atom stereocenters. The molecule has 98 valence electrons. The van der Waals surface area contributed by atoms with Crippen molar-refractivity contribution in [2.45, 2.75) is 65.8 Å². The second-order valence-corrected chi connectivity index (χ2v) is 5.71. The van der Waals surface area contributed by atoms with E-state index in [1.54, 1.807) is 0 Å². The molecule has 0 aromatic rings. The molecule has 0 aromatic heterocycles. The first-order valence-corrected chi connectivity index (χ1v) is 7.00. The molecular formula is C14H32N2. The lowest BCUT2D eigenvalue weighted by atomic mass is 10.0. The smallest absolute Gasteiger partial charge is 0.0188 e. The Bertz CT molecular complexity index is 144. The van der Waals surface area contributed by atoms with E-state index < -0.39 is 0 Å². The van der Waals surface area contributed by atoms with Gasteiger partial charge in [0, 0.05) is 12.6 Å². The monoisotopic (exact) mass is 228 g/mol. The Kier molecular flexibility index (Phi) is 10.0. The van der Waals surface area contributed by atoms with E-state index in [0.29, 0.717) is 12.0 Å². The van der Waals surface area contributed by atoms with Crippen LogP contribution >= 0.6 is 0 Å². The van der Waals surface area contributed by atoms with Crippen molar-refractivity contribution in [2.24, 2.45) is 17.6 Å². The van der Waals surface area contributed by atoms with Gasteiger partial charge in [0.05, 0.1) is 0 Å². The number of hydrogen-bond donors (Lipinski definition) is 2. The number of hydrogen-bond acceptors (Lipinski definition) is 2. The van der Waals surface area contributed by atoms with Crippen LogP contribution in [0.5, 0.6) is 0 Å². The molecule has 2 nitrogen and oxygen atoms in total. The zero-order chi connectivity index (χ0) is 12.4. The quantitative estimate of drug-likeness (QED) is 0.564. The maximum atomic E-state index is 5.95. The van der Waals surface area contributed by atoms with Crippen molar-refractivity contribution < 1.29 is 0 Å². The second-order valence-electron chi connectivity index (χ2n) is 5.71. The normalized spacial score (nSPS) is 13.7. The average Bonchev–Trinajstić information content (AvgIpc) is 2.21. The minimum Gasteiger partial charge on any atom is -0.326 e. The molecule has 1 atom stereocenters. The molecule has 16 heavy (non-hydrogen) atoms. The van der Waals surface area contributed by atoms with Crippen LogP contribution in [-0.4, -0.2) is 19.1 Å². The second kappa shape index (κ2) is 10.1. The molecule has 0 heterocycles.